The molecule has 0 radical (unpaired) electrons. The molecule has 0 saturated heterocycles. The van der Waals surface area contributed by atoms with Crippen LogP contribution in [0.25, 0.3) is 0 Å². The van der Waals surface area contributed by atoms with Gasteiger partial charge in [-0.3, -0.25) is 0 Å². The van der Waals surface area contributed by atoms with Gasteiger partial charge in [0, 0.05) is 20.8 Å². The largest absolute Gasteiger partial charge is 0.360 e. The molecule has 0 atom stereocenters. The summed E-state index contributed by atoms with van der Waals surface area (Å²) in [6, 6.07) is 1.29. The van der Waals surface area contributed by atoms with E-state index >= 15 is 0 Å². The molecule has 104 valence electrons. The van der Waals surface area contributed by atoms with Gasteiger partial charge in [0.25, 0.3) is 0 Å². The Morgan fingerprint density at radius 2 is 1.88 bits per heavy atom. The van der Waals surface area contributed by atoms with Crippen LogP contribution in [0.15, 0.2) is 0 Å². The number of unbranched alkanes of at least 4 members (excludes halogenated alkanes) is 1. The highest BCUT2D eigenvalue weighted by molar-refractivity contribution is 6.36. The maximum absolute atomic E-state index is 5.25. The van der Waals surface area contributed by atoms with Crippen LogP contribution in [0.2, 0.25) is 6.04 Å². The van der Waals surface area contributed by atoms with Crippen molar-refractivity contribution in [3.8, 4) is 0 Å². The first-order valence-electron chi connectivity index (χ1n) is 6.82. The van der Waals surface area contributed by atoms with Gasteiger partial charge in [0.1, 0.15) is 5.91 Å². The van der Waals surface area contributed by atoms with Crippen molar-refractivity contribution in [2.24, 2.45) is 5.41 Å². The zero-order chi connectivity index (χ0) is 13.1. The second-order valence-electron chi connectivity index (χ2n) is 5.49. The van der Waals surface area contributed by atoms with Gasteiger partial charge in [-0.15, -0.1) is 0 Å². The van der Waals surface area contributed by atoms with Gasteiger partial charge < -0.3 is 14.8 Å². The summed E-state index contributed by atoms with van der Waals surface area (Å²) in [6.07, 6.45) is 3.81. The minimum Gasteiger partial charge on any atom is -0.360 e. The zero-order valence-corrected chi connectivity index (χ0v) is 13.8. The molecule has 17 heavy (non-hydrogen) atoms. The maximum Gasteiger partial charge on any atom is 0.134 e. The van der Waals surface area contributed by atoms with Crippen molar-refractivity contribution in [3.05, 3.63) is 0 Å². The SMILES string of the molecule is CCCCNCC(C)(C)CC[SiH2]C(OC)OC. The van der Waals surface area contributed by atoms with Crippen molar-refractivity contribution < 1.29 is 9.47 Å². The lowest BCUT2D eigenvalue weighted by Crippen LogP contribution is -2.31. The fraction of sp³-hybridized carbons (Fsp3) is 1.00. The molecule has 0 heterocycles. The summed E-state index contributed by atoms with van der Waals surface area (Å²) >= 11 is 0. The summed E-state index contributed by atoms with van der Waals surface area (Å²) < 4.78 is 10.5. The van der Waals surface area contributed by atoms with Crippen LogP contribution in [0.4, 0.5) is 0 Å². The Balaban J connectivity index is 3.62. The molecule has 0 unspecified atom stereocenters. The third-order valence-electron chi connectivity index (χ3n) is 3.13. The zero-order valence-electron chi connectivity index (χ0n) is 12.3. The number of ether oxygens (including phenoxy) is 2. The van der Waals surface area contributed by atoms with Crippen LogP contribution in [0.5, 0.6) is 0 Å². The van der Waals surface area contributed by atoms with Gasteiger partial charge in [0.15, 0.2) is 0 Å². The summed E-state index contributed by atoms with van der Waals surface area (Å²) in [6.45, 7) is 9.18. The van der Waals surface area contributed by atoms with Crippen LogP contribution in [0.1, 0.15) is 40.0 Å². The number of methoxy groups -OCH3 is 2. The number of nitrogens with one attached hydrogen (secondary N) is 1. The molecule has 0 fully saturated rings. The Morgan fingerprint density at radius 1 is 1.24 bits per heavy atom. The third kappa shape index (κ3) is 9.77. The van der Waals surface area contributed by atoms with Crippen LogP contribution >= 0.6 is 0 Å². The van der Waals surface area contributed by atoms with Gasteiger partial charge in [-0.25, -0.2) is 0 Å². The molecular formula is C13H31NO2Si. The number of hydrogen-bond acceptors (Lipinski definition) is 3. The standard InChI is InChI=1S/C13H31NO2Si/c1-6-7-9-14-11-13(2,3)8-10-17-12(15-4)16-5/h12,14H,6-11,17H2,1-5H3. The maximum atomic E-state index is 5.25. The average Bonchev–Trinajstić information content (AvgIpc) is 2.30. The summed E-state index contributed by atoms with van der Waals surface area (Å²) in [5, 5.41) is 3.55. The average molecular weight is 261 g/mol. The normalized spacial score (nSPS) is 13.1. The Morgan fingerprint density at radius 3 is 2.41 bits per heavy atom. The fourth-order valence-corrected chi connectivity index (χ4v) is 3.86. The summed E-state index contributed by atoms with van der Waals surface area (Å²) in [4.78, 5) is 0. The summed E-state index contributed by atoms with van der Waals surface area (Å²) in [5.41, 5.74) is 0.396. The van der Waals surface area contributed by atoms with Crippen molar-refractivity contribution in [2.75, 3.05) is 27.3 Å². The van der Waals surface area contributed by atoms with Crippen LogP contribution in [-0.4, -0.2) is 42.7 Å². The van der Waals surface area contributed by atoms with E-state index in [1.54, 1.807) is 14.2 Å². The molecule has 0 aliphatic carbocycles. The van der Waals surface area contributed by atoms with Gasteiger partial charge in [0.2, 0.25) is 0 Å². The van der Waals surface area contributed by atoms with E-state index in [4.69, 9.17) is 9.47 Å². The molecule has 0 rings (SSSR count). The van der Waals surface area contributed by atoms with Crippen molar-refractivity contribution in [1.82, 2.24) is 5.32 Å². The van der Waals surface area contributed by atoms with E-state index in [9.17, 15) is 0 Å². The second kappa shape index (κ2) is 10.1. The van der Waals surface area contributed by atoms with Crippen molar-refractivity contribution >= 4 is 9.52 Å². The molecule has 0 saturated carbocycles. The van der Waals surface area contributed by atoms with Crippen LogP contribution in [0, 0.1) is 5.41 Å². The highest BCUT2D eigenvalue weighted by atomic mass is 28.2. The topological polar surface area (TPSA) is 30.5 Å². The molecule has 0 aromatic rings. The third-order valence-corrected chi connectivity index (χ3v) is 5.03. The molecule has 0 aliphatic heterocycles. The van der Waals surface area contributed by atoms with Crippen molar-refractivity contribution in [1.29, 1.82) is 0 Å². The van der Waals surface area contributed by atoms with E-state index < -0.39 is 0 Å². The van der Waals surface area contributed by atoms with Gasteiger partial charge >= 0.3 is 0 Å². The van der Waals surface area contributed by atoms with Crippen molar-refractivity contribution in [3.63, 3.8) is 0 Å². The van der Waals surface area contributed by atoms with E-state index in [2.05, 4.69) is 26.1 Å². The molecule has 0 spiro atoms. The lowest BCUT2D eigenvalue weighted by molar-refractivity contribution is -0.0442. The Labute approximate surface area is 109 Å². The van der Waals surface area contributed by atoms with Crippen molar-refractivity contribution in [2.45, 2.75) is 52.0 Å². The minimum atomic E-state index is -0.260. The molecule has 1 N–H and O–H groups in total. The Bertz CT molecular complexity index is 173. The van der Waals surface area contributed by atoms with Gasteiger partial charge in [0.05, 0.1) is 9.52 Å². The first-order valence-corrected chi connectivity index (χ1v) is 8.63. The number of hydrogen-bond donors (Lipinski definition) is 1. The van der Waals surface area contributed by atoms with E-state index in [1.165, 1.54) is 25.3 Å². The Hall–Kier alpha value is 0.0969. The summed E-state index contributed by atoms with van der Waals surface area (Å²) in [5.74, 6) is 0.0962. The highest BCUT2D eigenvalue weighted by Gasteiger charge is 2.18. The van der Waals surface area contributed by atoms with Gasteiger partial charge in [-0.2, -0.15) is 0 Å². The van der Waals surface area contributed by atoms with Gasteiger partial charge in [-0.05, 0) is 24.8 Å². The predicted octanol–water partition coefficient (Wildman–Crippen LogP) is 1.96. The van der Waals surface area contributed by atoms with Crippen LogP contribution < -0.4 is 5.32 Å². The van der Waals surface area contributed by atoms with E-state index in [0.717, 1.165) is 13.1 Å². The van der Waals surface area contributed by atoms with E-state index in [0.29, 0.717) is 5.41 Å². The molecular weight excluding hydrogens is 230 g/mol. The highest BCUT2D eigenvalue weighted by Crippen LogP contribution is 2.21. The lowest BCUT2D eigenvalue weighted by Gasteiger charge is -2.25. The van der Waals surface area contributed by atoms with Crippen LogP contribution in [-0.2, 0) is 9.47 Å². The molecule has 3 nitrogen and oxygen atoms in total. The molecule has 0 aliphatic rings. The molecule has 0 amide bonds. The number of rotatable bonds is 11. The minimum absolute atomic E-state index is 0.0962. The quantitative estimate of drug-likeness (QED) is 0.350. The molecule has 0 bridgehead atoms. The first kappa shape index (κ1) is 17.1. The van der Waals surface area contributed by atoms with E-state index in [-0.39, 0.29) is 15.4 Å². The van der Waals surface area contributed by atoms with Crippen LogP contribution in [0.3, 0.4) is 0 Å². The monoisotopic (exact) mass is 261 g/mol. The van der Waals surface area contributed by atoms with Gasteiger partial charge in [-0.1, -0.05) is 33.2 Å². The molecule has 0 aromatic carbocycles. The fourth-order valence-electron chi connectivity index (χ4n) is 1.90. The smallest absolute Gasteiger partial charge is 0.134 e. The second-order valence-corrected chi connectivity index (χ2v) is 7.44. The van der Waals surface area contributed by atoms with E-state index in [1.807, 2.05) is 0 Å². The Kier molecular flexibility index (Phi) is 10.1. The summed E-state index contributed by atoms with van der Waals surface area (Å²) in [7, 11) is 3.21. The predicted molar refractivity (Wildman–Crippen MR) is 77.3 cm³/mol. The first-order chi connectivity index (χ1) is 8.05. The molecule has 0 aromatic heterocycles. The lowest BCUT2D eigenvalue weighted by atomic mass is 9.90. The molecule has 4 heteroatoms.